The highest BCUT2D eigenvalue weighted by molar-refractivity contribution is 7.13. The summed E-state index contributed by atoms with van der Waals surface area (Å²) in [6, 6.07) is 12.0. The standard InChI is InChI=1S/C20H21N5OS/c1-14-18(27-15(2)22-14)19(26)24-10-12-25(13-11-24)20-21-9-8-17(23-20)16-6-4-3-5-7-16/h3-9H,10-13H2,1-2H3. The van der Waals surface area contributed by atoms with E-state index in [0.717, 1.165) is 39.9 Å². The Morgan fingerprint density at radius 1 is 1.00 bits per heavy atom. The first-order chi connectivity index (χ1) is 13.1. The molecule has 1 aromatic carbocycles. The lowest BCUT2D eigenvalue weighted by Crippen LogP contribution is -2.49. The Morgan fingerprint density at radius 3 is 2.41 bits per heavy atom. The fourth-order valence-corrected chi connectivity index (χ4v) is 4.14. The first kappa shape index (κ1) is 17.6. The summed E-state index contributed by atoms with van der Waals surface area (Å²) in [5.41, 5.74) is 2.81. The van der Waals surface area contributed by atoms with Crippen molar-refractivity contribution in [2.75, 3.05) is 31.1 Å². The Balaban J connectivity index is 1.45. The van der Waals surface area contributed by atoms with E-state index in [1.807, 2.05) is 55.1 Å². The maximum Gasteiger partial charge on any atom is 0.265 e. The molecular formula is C20H21N5OS. The van der Waals surface area contributed by atoms with E-state index in [9.17, 15) is 4.79 Å². The van der Waals surface area contributed by atoms with Gasteiger partial charge in [-0.3, -0.25) is 4.79 Å². The van der Waals surface area contributed by atoms with Gasteiger partial charge in [0, 0.05) is 37.9 Å². The fraction of sp³-hybridized carbons (Fsp3) is 0.300. The summed E-state index contributed by atoms with van der Waals surface area (Å²) in [7, 11) is 0. The van der Waals surface area contributed by atoms with Crippen molar-refractivity contribution in [3.05, 3.63) is 58.2 Å². The second kappa shape index (κ2) is 7.44. The Morgan fingerprint density at radius 2 is 1.74 bits per heavy atom. The number of hydrogen-bond acceptors (Lipinski definition) is 6. The van der Waals surface area contributed by atoms with Crippen LogP contribution in [0.5, 0.6) is 0 Å². The van der Waals surface area contributed by atoms with Crippen LogP contribution in [-0.2, 0) is 0 Å². The van der Waals surface area contributed by atoms with Crippen LogP contribution in [0.15, 0.2) is 42.6 Å². The molecule has 0 radical (unpaired) electrons. The van der Waals surface area contributed by atoms with Crippen LogP contribution in [0, 0.1) is 13.8 Å². The number of carbonyl (C=O) groups is 1. The summed E-state index contributed by atoms with van der Waals surface area (Å²) in [5.74, 6) is 0.796. The molecule has 1 aliphatic rings. The molecule has 6 nitrogen and oxygen atoms in total. The summed E-state index contributed by atoms with van der Waals surface area (Å²) < 4.78 is 0. The van der Waals surface area contributed by atoms with Crippen LogP contribution in [0.25, 0.3) is 11.3 Å². The minimum atomic E-state index is 0.0803. The number of nitrogens with zero attached hydrogens (tertiary/aromatic N) is 5. The molecular weight excluding hydrogens is 358 g/mol. The Kier molecular flexibility index (Phi) is 4.85. The molecule has 1 amide bonds. The number of piperazine rings is 1. The van der Waals surface area contributed by atoms with Crippen LogP contribution >= 0.6 is 11.3 Å². The summed E-state index contributed by atoms with van der Waals surface area (Å²) >= 11 is 1.47. The van der Waals surface area contributed by atoms with Gasteiger partial charge in [0.25, 0.3) is 5.91 Å². The summed E-state index contributed by atoms with van der Waals surface area (Å²) in [5, 5.41) is 0.931. The molecule has 0 saturated carbocycles. The van der Waals surface area contributed by atoms with Crippen LogP contribution in [0.3, 0.4) is 0 Å². The molecule has 0 aliphatic carbocycles. The van der Waals surface area contributed by atoms with Gasteiger partial charge in [0.2, 0.25) is 5.95 Å². The topological polar surface area (TPSA) is 62.2 Å². The van der Waals surface area contributed by atoms with Crippen molar-refractivity contribution < 1.29 is 4.79 Å². The van der Waals surface area contributed by atoms with Crippen molar-refractivity contribution in [1.29, 1.82) is 0 Å². The average Bonchev–Trinajstić information content (AvgIpc) is 3.06. The van der Waals surface area contributed by atoms with Crippen LogP contribution in [-0.4, -0.2) is 51.9 Å². The molecule has 0 bridgehead atoms. The number of amides is 1. The number of rotatable bonds is 3. The van der Waals surface area contributed by atoms with E-state index < -0.39 is 0 Å². The normalized spacial score (nSPS) is 14.4. The third-order valence-corrected chi connectivity index (χ3v) is 5.72. The Labute approximate surface area is 162 Å². The van der Waals surface area contributed by atoms with E-state index in [4.69, 9.17) is 4.98 Å². The monoisotopic (exact) mass is 379 g/mol. The first-order valence-corrected chi connectivity index (χ1v) is 9.80. The first-order valence-electron chi connectivity index (χ1n) is 8.98. The third-order valence-electron chi connectivity index (χ3n) is 4.66. The highest BCUT2D eigenvalue weighted by atomic mass is 32.1. The smallest absolute Gasteiger partial charge is 0.265 e. The van der Waals surface area contributed by atoms with Gasteiger partial charge in [-0.25, -0.2) is 15.0 Å². The van der Waals surface area contributed by atoms with Gasteiger partial charge in [0.1, 0.15) is 4.88 Å². The largest absolute Gasteiger partial charge is 0.337 e. The Hall–Kier alpha value is -2.80. The molecule has 0 spiro atoms. The van der Waals surface area contributed by atoms with E-state index in [0.29, 0.717) is 19.0 Å². The number of thiazole rings is 1. The van der Waals surface area contributed by atoms with Gasteiger partial charge in [-0.1, -0.05) is 30.3 Å². The second-order valence-electron chi connectivity index (χ2n) is 6.53. The van der Waals surface area contributed by atoms with Crippen molar-refractivity contribution in [2.24, 2.45) is 0 Å². The van der Waals surface area contributed by atoms with Crippen molar-refractivity contribution in [3.8, 4) is 11.3 Å². The molecule has 7 heteroatoms. The molecule has 0 unspecified atom stereocenters. The average molecular weight is 379 g/mol. The molecule has 4 rings (SSSR count). The molecule has 0 atom stereocenters. The summed E-state index contributed by atoms with van der Waals surface area (Å²) in [6.45, 7) is 6.60. The van der Waals surface area contributed by atoms with Gasteiger partial charge >= 0.3 is 0 Å². The van der Waals surface area contributed by atoms with Gasteiger partial charge in [-0.15, -0.1) is 11.3 Å². The molecule has 0 N–H and O–H groups in total. The van der Waals surface area contributed by atoms with Crippen molar-refractivity contribution in [3.63, 3.8) is 0 Å². The minimum Gasteiger partial charge on any atom is -0.337 e. The zero-order valence-corrected chi connectivity index (χ0v) is 16.2. The minimum absolute atomic E-state index is 0.0803. The maximum atomic E-state index is 12.8. The van der Waals surface area contributed by atoms with Gasteiger partial charge in [0.05, 0.1) is 16.4 Å². The van der Waals surface area contributed by atoms with Gasteiger partial charge < -0.3 is 9.80 Å². The zero-order valence-electron chi connectivity index (χ0n) is 15.4. The maximum absolute atomic E-state index is 12.8. The highest BCUT2D eigenvalue weighted by Gasteiger charge is 2.26. The Bertz CT molecular complexity index is 948. The number of aromatic nitrogens is 3. The summed E-state index contributed by atoms with van der Waals surface area (Å²) in [6.07, 6.45) is 1.80. The van der Waals surface area contributed by atoms with Gasteiger partial charge in [-0.05, 0) is 19.9 Å². The lowest BCUT2D eigenvalue weighted by atomic mass is 10.1. The molecule has 27 heavy (non-hydrogen) atoms. The molecule has 3 aromatic rings. The molecule has 3 heterocycles. The van der Waals surface area contributed by atoms with Crippen molar-refractivity contribution in [1.82, 2.24) is 19.9 Å². The number of hydrogen-bond donors (Lipinski definition) is 0. The number of benzene rings is 1. The second-order valence-corrected chi connectivity index (χ2v) is 7.74. The van der Waals surface area contributed by atoms with E-state index >= 15 is 0 Å². The molecule has 138 valence electrons. The lowest BCUT2D eigenvalue weighted by molar-refractivity contribution is 0.0750. The predicted molar refractivity (Wildman–Crippen MR) is 107 cm³/mol. The van der Waals surface area contributed by atoms with Crippen LogP contribution in [0.1, 0.15) is 20.4 Å². The fourth-order valence-electron chi connectivity index (χ4n) is 3.25. The quantitative estimate of drug-likeness (QED) is 0.699. The number of anilines is 1. The van der Waals surface area contributed by atoms with Crippen molar-refractivity contribution >= 4 is 23.2 Å². The predicted octanol–water partition coefficient (Wildman–Crippen LogP) is 3.18. The van der Waals surface area contributed by atoms with Crippen LogP contribution in [0.4, 0.5) is 5.95 Å². The van der Waals surface area contributed by atoms with Gasteiger partial charge in [-0.2, -0.15) is 0 Å². The lowest BCUT2D eigenvalue weighted by Gasteiger charge is -2.34. The van der Waals surface area contributed by atoms with E-state index in [1.54, 1.807) is 6.20 Å². The molecule has 1 fully saturated rings. The number of aryl methyl sites for hydroxylation is 2. The van der Waals surface area contributed by atoms with E-state index in [1.165, 1.54) is 11.3 Å². The SMILES string of the molecule is Cc1nc(C)c(C(=O)N2CCN(c3nccc(-c4ccccc4)n3)CC2)s1. The molecule has 1 saturated heterocycles. The van der Waals surface area contributed by atoms with Crippen LogP contribution < -0.4 is 4.90 Å². The molecule has 2 aromatic heterocycles. The zero-order chi connectivity index (χ0) is 18.8. The van der Waals surface area contributed by atoms with Crippen LogP contribution in [0.2, 0.25) is 0 Å². The third kappa shape index (κ3) is 3.68. The number of carbonyl (C=O) groups excluding carboxylic acids is 1. The van der Waals surface area contributed by atoms with Gasteiger partial charge in [0.15, 0.2) is 0 Å². The van der Waals surface area contributed by atoms with E-state index in [-0.39, 0.29) is 5.91 Å². The summed E-state index contributed by atoms with van der Waals surface area (Å²) in [4.78, 5) is 31.1. The molecule has 1 aliphatic heterocycles. The van der Waals surface area contributed by atoms with Crippen molar-refractivity contribution in [2.45, 2.75) is 13.8 Å². The van der Waals surface area contributed by atoms with E-state index in [2.05, 4.69) is 14.9 Å². The highest BCUT2D eigenvalue weighted by Crippen LogP contribution is 2.22.